The number of halogens is 1. The monoisotopic (exact) mass is 210 g/mol. The predicted molar refractivity (Wildman–Crippen MR) is 36.3 cm³/mol. The van der Waals surface area contributed by atoms with Gasteiger partial charge in [0.2, 0.25) is 0 Å². The van der Waals surface area contributed by atoms with Crippen LogP contribution in [0, 0.1) is 0 Å². The number of hydrogen-bond acceptors (Lipinski definition) is 4. The second-order valence-corrected chi connectivity index (χ2v) is 2.26. The van der Waals surface area contributed by atoms with E-state index in [0.29, 0.717) is 5.33 Å². The molecule has 0 spiro atoms. The number of rotatable bonds is 2. The van der Waals surface area contributed by atoms with Crippen LogP contribution in [0.3, 0.4) is 0 Å². The van der Waals surface area contributed by atoms with Gasteiger partial charge in [0, 0.05) is 12.3 Å². The Bertz CT molecular complexity index is 134. The topological polar surface area (TPSA) is 52.6 Å². The van der Waals surface area contributed by atoms with E-state index in [1.807, 2.05) is 0 Å². The van der Waals surface area contributed by atoms with Gasteiger partial charge in [-0.05, 0) is 0 Å². The van der Waals surface area contributed by atoms with Crippen molar-refractivity contribution in [3.05, 3.63) is 0 Å². The molecule has 0 unspecified atom stereocenters. The Morgan fingerprint density at radius 2 is 2.00 bits per heavy atom. The van der Waals surface area contributed by atoms with Crippen molar-refractivity contribution in [1.82, 2.24) is 0 Å². The molecule has 5 heteroatoms. The highest BCUT2D eigenvalue weighted by atomic mass is 79.9. The summed E-state index contributed by atoms with van der Waals surface area (Å²) in [6.07, 6.45) is 0.188. The second-order valence-electron chi connectivity index (χ2n) is 1.47. The molecule has 0 aromatic heterocycles. The van der Waals surface area contributed by atoms with E-state index in [4.69, 9.17) is 0 Å². The average Bonchev–Trinajstić information content (AvgIpc) is 1.85. The first-order valence-electron chi connectivity index (χ1n) is 2.60. The van der Waals surface area contributed by atoms with E-state index in [9.17, 15) is 9.59 Å². The molecular formula is C5H7BrO4. The zero-order valence-corrected chi connectivity index (χ0v) is 7.01. The first kappa shape index (κ1) is 9.42. The summed E-state index contributed by atoms with van der Waals surface area (Å²) >= 11 is 3.02. The molecule has 0 amide bonds. The standard InChI is InChI=1S/C5H7BrO4/c1-4(7)9-10-5(8)2-3-6/h2-3H2,1H3. The Morgan fingerprint density at radius 3 is 2.40 bits per heavy atom. The van der Waals surface area contributed by atoms with E-state index in [1.165, 1.54) is 0 Å². The lowest BCUT2D eigenvalue weighted by atomic mass is 10.5. The second kappa shape index (κ2) is 5.22. The van der Waals surface area contributed by atoms with Gasteiger partial charge in [0.1, 0.15) is 0 Å². The molecule has 0 bridgehead atoms. The Labute approximate surface area is 66.5 Å². The normalized spacial score (nSPS) is 8.60. The highest BCUT2D eigenvalue weighted by Gasteiger charge is 2.03. The number of carbonyl (C=O) groups excluding carboxylic acids is 2. The van der Waals surface area contributed by atoms with Gasteiger partial charge in [-0.2, -0.15) is 0 Å². The molecule has 0 N–H and O–H groups in total. The van der Waals surface area contributed by atoms with Crippen LogP contribution in [0.1, 0.15) is 13.3 Å². The third-order valence-corrected chi connectivity index (χ3v) is 0.947. The summed E-state index contributed by atoms with van der Waals surface area (Å²) in [7, 11) is 0. The third-order valence-electron chi connectivity index (χ3n) is 0.551. The number of hydrogen-bond donors (Lipinski definition) is 0. The predicted octanol–water partition coefficient (Wildman–Crippen LogP) is 0.793. The molecule has 0 saturated carbocycles. The van der Waals surface area contributed by atoms with Gasteiger partial charge in [-0.3, -0.25) is 0 Å². The molecule has 0 rings (SSSR count). The zero-order chi connectivity index (χ0) is 7.98. The van der Waals surface area contributed by atoms with Crippen molar-refractivity contribution >= 4 is 27.9 Å². The molecule has 0 atom stereocenters. The lowest BCUT2D eigenvalue weighted by Gasteiger charge is -1.97. The van der Waals surface area contributed by atoms with Crippen LogP contribution in [0.2, 0.25) is 0 Å². The van der Waals surface area contributed by atoms with E-state index in [2.05, 4.69) is 25.7 Å². The Kier molecular flexibility index (Phi) is 4.92. The van der Waals surface area contributed by atoms with Crippen LogP contribution < -0.4 is 0 Å². The quantitative estimate of drug-likeness (QED) is 0.385. The first-order chi connectivity index (χ1) is 4.66. The molecule has 58 valence electrons. The van der Waals surface area contributed by atoms with Crippen molar-refractivity contribution in [2.24, 2.45) is 0 Å². The summed E-state index contributed by atoms with van der Waals surface area (Å²) in [5, 5.41) is 0.493. The maximum absolute atomic E-state index is 10.4. The van der Waals surface area contributed by atoms with Gasteiger partial charge in [0.15, 0.2) is 0 Å². The van der Waals surface area contributed by atoms with Crippen molar-refractivity contribution in [1.29, 1.82) is 0 Å². The van der Waals surface area contributed by atoms with Gasteiger partial charge in [-0.1, -0.05) is 15.9 Å². The largest absolute Gasteiger partial charge is 0.356 e. The molecule has 0 aromatic rings. The SMILES string of the molecule is CC(=O)OOC(=O)CCBr. The van der Waals surface area contributed by atoms with E-state index in [1.54, 1.807) is 0 Å². The maximum Gasteiger partial charge on any atom is 0.356 e. The van der Waals surface area contributed by atoms with Gasteiger partial charge >= 0.3 is 11.9 Å². The van der Waals surface area contributed by atoms with Crippen molar-refractivity contribution in [3.8, 4) is 0 Å². The minimum Gasteiger partial charge on any atom is -0.248 e. The van der Waals surface area contributed by atoms with Crippen molar-refractivity contribution in [2.75, 3.05) is 5.33 Å². The Hall–Kier alpha value is -0.580. The number of alkyl halides is 1. The van der Waals surface area contributed by atoms with Crippen molar-refractivity contribution in [2.45, 2.75) is 13.3 Å². The molecule has 0 aromatic carbocycles. The van der Waals surface area contributed by atoms with E-state index < -0.39 is 11.9 Å². The van der Waals surface area contributed by atoms with Gasteiger partial charge in [-0.15, -0.1) is 0 Å². The molecule has 0 aliphatic carbocycles. The molecule has 0 radical (unpaired) electrons. The molecule has 0 heterocycles. The van der Waals surface area contributed by atoms with Crippen LogP contribution in [0.15, 0.2) is 0 Å². The Morgan fingerprint density at radius 1 is 1.40 bits per heavy atom. The smallest absolute Gasteiger partial charge is 0.248 e. The summed E-state index contributed by atoms with van der Waals surface area (Å²) < 4.78 is 0. The van der Waals surface area contributed by atoms with E-state index >= 15 is 0 Å². The molecule has 0 saturated heterocycles. The van der Waals surface area contributed by atoms with Gasteiger partial charge in [0.25, 0.3) is 0 Å². The maximum atomic E-state index is 10.4. The molecule has 10 heavy (non-hydrogen) atoms. The summed E-state index contributed by atoms with van der Waals surface area (Å²) in [5.41, 5.74) is 0. The van der Waals surface area contributed by atoms with Crippen molar-refractivity contribution < 1.29 is 19.4 Å². The highest BCUT2D eigenvalue weighted by Crippen LogP contribution is 1.91. The summed E-state index contributed by atoms with van der Waals surface area (Å²) in [5.74, 6) is -1.20. The minimum absolute atomic E-state index is 0.188. The fourth-order valence-corrected chi connectivity index (χ4v) is 0.548. The molecular weight excluding hydrogens is 204 g/mol. The molecule has 4 nitrogen and oxygen atoms in total. The zero-order valence-electron chi connectivity index (χ0n) is 5.43. The van der Waals surface area contributed by atoms with Crippen LogP contribution in [0.25, 0.3) is 0 Å². The summed E-state index contributed by atoms with van der Waals surface area (Å²) in [4.78, 5) is 28.4. The molecule has 0 fully saturated rings. The minimum atomic E-state index is -0.636. The fraction of sp³-hybridized carbons (Fsp3) is 0.600. The lowest BCUT2D eigenvalue weighted by Crippen LogP contribution is -2.08. The van der Waals surface area contributed by atoms with Crippen LogP contribution >= 0.6 is 15.9 Å². The summed E-state index contributed by atoms with van der Waals surface area (Å²) in [6.45, 7) is 1.15. The van der Waals surface area contributed by atoms with Gasteiger partial charge in [0.05, 0.1) is 6.42 Å². The highest BCUT2D eigenvalue weighted by molar-refractivity contribution is 9.09. The van der Waals surface area contributed by atoms with Gasteiger partial charge in [-0.25, -0.2) is 19.4 Å². The summed E-state index contributed by atoms with van der Waals surface area (Å²) in [6, 6.07) is 0. The van der Waals surface area contributed by atoms with Crippen molar-refractivity contribution in [3.63, 3.8) is 0 Å². The number of carbonyl (C=O) groups is 2. The van der Waals surface area contributed by atoms with E-state index in [0.717, 1.165) is 6.92 Å². The molecule has 0 aliphatic rings. The Balaban J connectivity index is 3.30. The van der Waals surface area contributed by atoms with Crippen LogP contribution in [0.4, 0.5) is 0 Å². The lowest BCUT2D eigenvalue weighted by molar-refractivity contribution is -0.256. The van der Waals surface area contributed by atoms with Crippen LogP contribution in [-0.4, -0.2) is 17.3 Å². The van der Waals surface area contributed by atoms with Crippen LogP contribution in [-0.2, 0) is 19.4 Å². The molecule has 0 aliphatic heterocycles. The van der Waals surface area contributed by atoms with Gasteiger partial charge < -0.3 is 0 Å². The fourth-order valence-electron chi connectivity index (χ4n) is 0.224. The van der Waals surface area contributed by atoms with E-state index in [-0.39, 0.29) is 6.42 Å². The first-order valence-corrected chi connectivity index (χ1v) is 3.73. The van der Waals surface area contributed by atoms with Crippen LogP contribution in [0.5, 0.6) is 0 Å². The average molecular weight is 211 g/mol. The third kappa shape index (κ3) is 5.55.